The molecule has 0 spiro atoms. The first-order valence-corrected chi connectivity index (χ1v) is 11.6. The Hall–Kier alpha value is -4.19. The SMILES string of the molecule is COc1ccc2ccc(=O)n(CCN3CC[C@@H](OC(=O)N(C)c4ccc5c(n4)NC(=O)CO5)C3)c2n1. The summed E-state index contributed by atoms with van der Waals surface area (Å²) in [4.78, 5) is 49.0. The smallest absolute Gasteiger partial charge is 0.415 e. The van der Waals surface area contributed by atoms with Crippen LogP contribution in [0.15, 0.2) is 41.2 Å². The van der Waals surface area contributed by atoms with E-state index in [2.05, 4.69) is 20.2 Å². The summed E-state index contributed by atoms with van der Waals surface area (Å²) < 4.78 is 17.8. The van der Waals surface area contributed by atoms with Crippen LogP contribution < -0.4 is 25.2 Å². The molecule has 0 aromatic carbocycles. The first kappa shape index (κ1) is 23.5. The number of pyridine rings is 3. The Bertz CT molecular complexity index is 1370. The highest BCUT2D eigenvalue weighted by molar-refractivity contribution is 5.95. The molecule has 0 radical (unpaired) electrons. The molecule has 5 rings (SSSR count). The average Bonchev–Trinajstić information content (AvgIpc) is 3.33. The minimum absolute atomic E-state index is 0.0656. The number of rotatable bonds is 6. The Morgan fingerprint density at radius 3 is 2.83 bits per heavy atom. The van der Waals surface area contributed by atoms with Gasteiger partial charge in [-0.2, -0.15) is 4.98 Å². The van der Waals surface area contributed by atoms with Gasteiger partial charge in [-0.3, -0.25) is 24.0 Å². The topological polar surface area (TPSA) is 128 Å². The summed E-state index contributed by atoms with van der Waals surface area (Å²) in [5, 5.41) is 3.48. The van der Waals surface area contributed by atoms with E-state index < -0.39 is 6.09 Å². The molecule has 12 heteroatoms. The molecule has 5 heterocycles. The normalized spacial score (nSPS) is 17.3. The summed E-state index contributed by atoms with van der Waals surface area (Å²) >= 11 is 0. The number of amides is 2. The highest BCUT2D eigenvalue weighted by Crippen LogP contribution is 2.28. The van der Waals surface area contributed by atoms with Crippen LogP contribution >= 0.6 is 0 Å². The van der Waals surface area contributed by atoms with Crippen molar-refractivity contribution in [2.24, 2.45) is 0 Å². The molecule has 0 saturated carbocycles. The fourth-order valence-corrected chi connectivity index (χ4v) is 4.27. The van der Waals surface area contributed by atoms with E-state index >= 15 is 0 Å². The number of fused-ring (bicyclic) bond motifs is 2. The number of likely N-dealkylation sites (tertiary alicyclic amines) is 1. The minimum atomic E-state index is -0.543. The van der Waals surface area contributed by atoms with E-state index in [1.807, 2.05) is 6.07 Å². The van der Waals surface area contributed by atoms with Gasteiger partial charge in [-0.15, -0.1) is 0 Å². The standard InChI is InChI=1S/C24H26N6O6/c1-28(18-6-5-17-22(25-18)26-19(31)14-35-17)24(33)36-16-9-10-29(13-16)11-12-30-21(32)8-4-15-3-7-20(34-2)27-23(15)30/h3-8,16H,9-14H2,1-2H3,(H,25,26,31)/t16-/m1/s1. The van der Waals surface area contributed by atoms with Gasteiger partial charge in [0.2, 0.25) is 5.88 Å². The lowest BCUT2D eigenvalue weighted by Gasteiger charge is -2.22. The molecule has 12 nitrogen and oxygen atoms in total. The Morgan fingerprint density at radius 1 is 1.17 bits per heavy atom. The molecule has 3 aromatic rings. The number of carbonyl (C=O) groups excluding carboxylic acids is 2. The molecular weight excluding hydrogens is 468 g/mol. The van der Waals surface area contributed by atoms with Crippen molar-refractivity contribution in [1.82, 2.24) is 19.4 Å². The summed E-state index contributed by atoms with van der Waals surface area (Å²) in [5.41, 5.74) is 0.441. The fourth-order valence-electron chi connectivity index (χ4n) is 4.27. The van der Waals surface area contributed by atoms with Crippen LogP contribution in [0.3, 0.4) is 0 Å². The molecule has 1 saturated heterocycles. The fraction of sp³-hybridized carbons (Fsp3) is 0.375. The van der Waals surface area contributed by atoms with Crippen molar-refractivity contribution in [2.75, 3.05) is 50.6 Å². The second kappa shape index (κ2) is 9.82. The molecule has 36 heavy (non-hydrogen) atoms. The predicted molar refractivity (Wildman–Crippen MR) is 131 cm³/mol. The van der Waals surface area contributed by atoms with Crippen LogP contribution in [-0.2, 0) is 16.1 Å². The molecule has 0 aliphatic carbocycles. The number of anilines is 2. The van der Waals surface area contributed by atoms with Crippen molar-refractivity contribution >= 4 is 34.7 Å². The summed E-state index contributed by atoms with van der Waals surface area (Å²) in [6.07, 6.45) is -0.153. The van der Waals surface area contributed by atoms with Gasteiger partial charge in [0.05, 0.1) is 7.11 Å². The highest BCUT2D eigenvalue weighted by Gasteiger charge is 2.28. The summed E-state index contributed by atoms with van der Waals surface area (Å²) in [7, 11) is 3.10. The molecule has 0 bridgehead atoms. The van der Waals surface area contributed by atoms with Crippen molar-refractivity contribution in [1.29, 1.82) is 0 Å². The minimum Gasteiger partial charge on any atom is -0.481 e. The zero-order valence-electron chi connectivity index (χ0n) is 20.0. The van der Waals surface area contributed by atoms with Crippen molar-refractivity contribution in [2.45, 2.75) is 19.1 Å². The second-order valence-corrected chi connectivity index (χ2v) is 8.60. The number of methoxy groups -OCH3 is 1. The lowest BCUT2D eigenvalue weighted by molar-refractivity contribution is -0.118. The Morgan fingerprint density at radius 2 is 2.00 bits per heavy atom. The number of carbonyl (C=O) groups is 2. The number of hydrogen-bond acceptors (Lipinski definition) is 9. The molecule has 2 aliphatic rings. The second-order valence-electron chi connectivity index (χ2n) is 8.60. The van der Waals surface area contributed by atoms with Crippen LogP contribution in [0.5, 0.6) is 11.6 Å². The maximum absolute atomic E-state index is 12.7. The van der Waals surface area contributed by atoms with Crippen LogP contribution in [0.25, 0.3) is 11.0 Å². The van der Waals surface area contributed by atoms with Crippen molar-refractivity contribution in [3.8, 4) is 11.6 Å². The third kappa shape index (κ3) is 4.80. The van der Waals surface area contributed by atoms with Gasteiger partial charge in [0, 0.05) is 50.7 Å². The predicted octanol–water partition coefficient (Wildman–Crippen LogP) is 1.48. The number of nitrogens with zero attached hydrogens (tertiary/aromatic N) is 5. The molecule has 188 valence electrons. The van der Waals surface area contributed by atoms with Crippen LogP contribution in [-0.4, -0.2) is 77.9 Å². The number of ether oxygens (including phenoxy) is 3. The van der Waals surface area contributed by atoms with Gasteiger partial charge >= 0.3 is 6.09 Å². The van der Waals surface area contributed by atoms with Crippen LogP contribution in [0, 0.1) is 0 Å². The largest absolute Gasteiger partial charge is 0.481 e. The molecule has 1 atom stereocenters. The zero-order valence-corrected chi connectivity index (χ0v) is 20.0. The Kier molecular flexibility index (Phi) is 6.42. The molecular formula is C24H26N6O6. The summed E-state index contributed by atoms with van der Waals surface area (Å²) in [6.45, 7) is 2.28. The third-order valence-electron chi connectivity index (χ3n) is 6.23. The monoisotopic (exact) mass is 494 g/mol. The van der Waals surface area contributed by atoms with Gasteiger partial charge in [-0.1, -0.05) is 0 Å². The van der Waals surface area contributed by atoms with Gasteiger partial charge in [0.1, 0.15) is 17.6 Å². The van der Waals surface area contributed by atoms with E-state index in [9.17, 15) is 14.4 Å². The van der Waals surface area contributed by atoms with Gasteiger partial charge < -0.3 is 19.5 Å². The number of nitrogens with one attached hydrogen (secondary N) is 1. The Labute approximate surface area is 206 Å². The van der Waals surface area contributed by atoms with Gasteiger partial charge in [-0.05, 0) is 30.7 Å². The maximum Gasteiger partial charge on any atom is 0.415 e. The molecule has 2 aliphatic heterocycles. The van der Waals surface area contributed by atoms with Crippen LogP contribution in [0.2, 0.25) is 0 Å². The molecule has 2 amide bonds. The van der Waals surface area contributed by atoms with Gasteiger partial charge in [0.25, 0.3) is 11.5 Å². The van der Waals surface area contributed by atoms with Gasteiger partial charge in [-0.25, -0.2) is 9.78 Å². The van der Waals surface area contributed by atoms with E-state index in [0.717, 1.165) is 11.9 Å². The summed E-state index contributed by atoms with van der Waals surface area (Å²) in [6, 6.07) is 10.2. The highest BCUT2D eigenvalue weighted by atomic mass is 16.6. The molecule has 1 fully saturated rings. The van der Waals surface area contributed by atoms with Crippen LogP contribution in [0.1, 0.15) is 6.42 Å². The lowest BCUT2D eigenvalue weighted by atomic mass is 10.3. The molecule has 3 aromatic heterocycles. The third-order valence-corrected chi connectivity index (χ3v) is 6.23. The number of aromatic nitrogens is 3. The first-order valence-electron chi connectivity index (χ1n) is 11.6. The van der Waals surface area contributed by atoms with E-state index in [1.165, 1.54) is 18.1 Å². The van der Waals surface area contributed by atoms with E-state index in [0.29, 0.717) is 49.1 Å². The average molecular weight is 495 g/mol. The van der Waals surface area contributed by atoms with E-state index in [1.54, 1.807) is 35.9 Å². The van der Waals surface area contributed by atoms with E-state index in [-0.39, 0.29) is 30.0 Å². The molecule has 0 unspecified atom stereocenters. The summed E-state index contributed by atoms with van der Waals surface area (Å²) in [5.74, 6) is 1.20. The Balaban J connectivity index is 1.19. The van der Waals surface area contributed by atoms with Crippen molar-refractivity contribution in [3.63, 3.8) is 0 Å². The maximum atomic E-state index is 12.7. The van der Waals surface area contributed by atoms with Gasteiger partial charge in [0.15, 0.2) is 18.2 Å². The van der Waals surface area contributed by atoms with Crippen molar-refractivity contribution in [3.05, 3.63) is 46.8 Å². The van der Waals surface area contributed by atoms with E-state index in [4.69, 9.17) is 14.2 Å². The van der Waals surface area contributed by atoms with Crippen LogP contribution in [0.4, 0.5) is 16.4 Å². The number of hydrogen-bond donors (Lipinski definition) is 1. The zero-order chi connectivity index (χ0) is 25.2. The lowest BCUT2D eigenvalue weighted by Crippen LogP contribution is -2.34. The van der Waals surface area contributed by atoms with Crippen molar-refractivity contribution < 1.29 is 23.8 Å². The quantitative estimate of drug-likeness (QED) is 0.542. The first-order chi connectivity index (χ1) is 17.4. The molecule has 1 N–H and O–H groups in total.